The molecule has 2 rings (SSSR count). The fourth-order valence-corrected chi connectivity index (χ4v) is 3.68. The van der Waals surface area contributed by atoms with E-state index in [9.17, 15) is 4.79 Å². The van der Waals surface area contributed by atoms with E-state index >= 15 is 0 Å². The number of carboxylic acids is 1. The van der Waals surface area contributed by atoms with Gasteiger partial charge in [0.25, 0.3) is 0 Å². The van der Waals surface area contributed by atoms with Gasteiger partial charge in [0.1, 0.15) is 11.7 Å². The van der Waals surface area contributed by atoms with Gasteiger partial charge in [0, 0.05) is 6.08 Å². The molecule has 0 saturated heterocycles. The van der Waals surface area contributed by atoms with E-state index in [1.54, 1.807) is 13.0 Å². The summed E-state index contributed by atoms with van der Waals surface area (Å²) in [7, 11) is 0. The predicted molar refractivity (Wildman–Crippen MR) is 104 cm³/mol. The SMILES string of the molecule is CC(=C/C(=O)O)/C=C/C=C(C)/C=C/[C@@H]1C=C2C(C)(C)CCC[C@]2(C)OO1. The topological polar surface area (TPSA) is 55.8 Å². The fourth-order valence-electron chi connectivity index (χ4n) is 3.68. The summed E-state index contributed by atoms with van der Waals surface area (Å²) >= 11 is 0. The Hall–Kier alpha value is -1.91. The van der Waals surface area contributed by atoms with E-state index in [2.05, 4.69) is 26.8 Å². The van der Waals surface area contributed by atoms with Crippen molar-refractivity contribution in [2.75, 3.05) is 0 Å². The molecule has 0 amide bonds. The van der Waals surface area contributed by atoms with Crippen LogP contribution in [0, 0.1) is 5.41 Å². The largest absolute Gasteiger partial charge is 0.478 e. The van der Waals surface area contributed by atoms with Crippen LogP contribution in [0.1, 0.15) is 53.9 Å². The van der Waals surface area contributed by atoms with Crippen molar-refractivity contribution in [2.24, 2.45) is 5.41 Å². The summed E-state index contributed by atoms with van der Waals surface area (Å²) in [6.07, 6.45) is 16.0. The minimum absolute atomic E-state index is 0.129. The highest BCUT2D eigenvalue weighted by Gasteiger charge is 2.46. The first-order valence-electron chi connectivity index (χ1n) is 9.14. The van der Waals surface area contributed by atoms with Crippen molar-refractivity contribution >= 4 is 5.97 Å². The molecule has 0 aromatic heterocycles. The van der Waals surface area contributed by atoms with Gasteiger partial charge in [0.2, 0.25) is 0 Å². The van der Waals surface area contributed by atoms with Crippen LogP contribution in [0.2, 0.25) is 0 Å². The first-order valence-corrected chi connectivity index (χ1v) is 9.14. The summed E-state index contributed by atoms with van der Waals surface area (Å²) in [6, 6.07) is 0. The quantitative estimate of drug-likeness (QED) is 0.313. The number of aliphatic carboxylic acids is 1. The molecule has 1 aliphatic heterocycles. The molecule has 0 radical (unpaired) electrons. The predicted octanol–water partition coefficient (Wildman–Crippen LogP) is 5.30. The van der Waals surface area contributed by atoms with Crippen molar-refractivity contribution in [2.45, 2.75) is 65.6 Å². The highest BCUT2D eigenvalue weighted by molar-refractivity contribution is 5.81. The van der Waals surface area contributed by atoms with Crippen molar-refractivity contribution in [1.29, 1.82) is 0 Å². The Morgan fingerprint density at radius 3 is 2.62 bits per heavy atom. The molecule has 1 fully saturated rings. The third-order valence-electron chi connectivity index (χ3n) is 5.05. The Kier molecular flexibility index (Phi) is 6.43. The smallest absolute Gasteiger partial charge is 0.328 e. The molecular weight excluding hydrogens is 328 g/mol. The van der Waals surface area contributed by atoms with Crippen molar-refractivity contribution in [3.05, 3.63) is 59.3 Å². The second-order valence-electron chi connectivity index (χ2n) is 8.05. The number of fused-ring (bicyclic) bond motifs is 1. The number of hydrogen-bond acceptors (Lipinski definition) is 3. The molecule has 0 spiro atoms. The molecule has 0 aromatic carbocycles. The van der Waals surface area contributed by atoms with Crippen molar-refractivity contribution in [1.82, 2.24) is 0 Å². The highest BCUT2D eigenvalue weighted by Crippen LogP contribution is 2.49. The van der Waals surface area contributed by atoms with Crippen LogP contribution in [0.5, 0.6) is 0 Å². The van der Waals surface area contributed by atoms with Gasteiger partial charge < -0.3 is 5.11 Å². The summed E-state index contributed by atoms with van der Waals surface area (Å²) in [5, 5.41) is 8.69. The summed E-state index contributed by atoms with van der Waals surface area (Å²) in [5.74, 6) is -0.937. The zero-order chi connectivity index (χ0) is 19.4. The molecule has 4 heteroatoms. The summed E-state index contributed by atoms with van der Waals surface area (Å²) in [4.78, 5) is 22.0. The average molecular weight is 358 g/mol. The summed E-state index contributed by atoms with van der Waals surface area (Å²) < 4.78 is 0. The summed E-state index contributed by atoms with van der Waals surface area (Å²) in [5.41, 5.74) is 2.88. The third kappa shape index (κ3) is 5.29. The van der Waals surface area contributed by atoms with E-state index in [4.69, 9.17) is 14.9 Å². The van der Waals surface area contributed by atoms with Crippen LogP contribution >= 0.6 is 0 Å². The molecule has 0 aromatic rings. The van der Waals surface area contributed by atoms with E-state index in [0.717, 1.165) is 18.4 Å². The maximum absolute atomic E-state index is 10.6. The lowest BCUT2D eigenvalue weighted by Gasteiger charge is -2.47. The lowest BCUT2D eigenvalue weighted by Crippen LogP contribution is -2.45. The maximum atomic E-state index is 10.6. The lowest BCUT2D eigenvalue weighted by molar-refractivity contribution is -0.370. The lowest BCUT2D eigenvalue weighted by atomic mass is 9.65. The molecule has 142 valence electrons. The Morgan fingerprint density at radius 2 is 1.92 bits per heavy atom. The monoisotopic (exact) mass is 358 g/mol. The van der Waals surface area contributed by atoms with Gasteiger partial charge in [-0.25, -0.2) is 14.6 Å². The molecule has 1 aliphatic carbocycles. The van der Waals surface area contributed by atoms with E-state index in [-0.39, 0.29) is 17.1 Å². The first-order chi connectivity index (χ1) is 12.1. The molecule has 2 aliphatic rings. The van der Waals surface area contributed by atoms with Crippen molar-refractivity contribution in [3.63, 3.8) is 0 Å². The van der Waals surface area contributed by atoms with Crippen LogP contribution in [-0.4, -0.2) is 22.8 Å². The number of hydrogen-bond donors (Lipinski definition) is 1. The molecule has 0 unspecified atom stereocenters. The molecule has 26 heavy (non-hydrogen) atoms. The standard InChI is InChI=1S/C22H30O4/c1-16(8-6-9-17(2)14-20(23)24)10-11-18-15-19-21(3,4)12-7-13-22(19,5)26-25-18/h6,8-11,14-15,18H,7,12-13H2,1-5H3,(H,23,24)/b9-6+,11-10+,16-8+,17-14-/t18-,22+/m1/s1. The van der Waals surface area contributed by atoms with Gasteiger partial charge in [0.05, 0.1) is 0 Å². The highest BCUT2D eigenvalue weighted by atomic mass is 17.2. The van der Waals surface area contributed by atoms with Crippen LogP contribution in [-0.2, 0) is 14.6 Å². The normalized spacial score (nSPS) is 29.7. The van der Waals surface area contributed by atoms with Gasteiger partial charge in [-0.1, -0.05) is 43.7 Å². The number of carboxylic acid groups (broad SMARTS) is 1. The van der Waals surface area contributed by atoms with E-state index < -0.39 is 5.97 Å². The van der Waals surface area contributed by atoms with E-state index in [1.807, 2.05) is 31.2 Å². The second kappa shape index (κ2) is 8.19. The van der Waals surface area contributed by atoms with Crippen LogP contribution in [0.3, 0.4) is 0 Å². The van der Waals surface area contributed by atoms with E-state index in [1.165, 1.54) is 18.1 Å². The molecular formula is C22H30O4. The number of rotatable bonds is 5. The van der Waals surface area contributed by atoms with Gasteiger partial charge in [-0.2, -0.15) is 0 Å². The van der Waals surface area contributed by atoms with Gasteiger partial charge >= 0.3 is 5.97 Å². The number of carbonyl (C=O) groups is 1. The maximum Gasteiger partial charge on any atom is 0.328 e. The Balaban J connectivity index is 2.06. The van der Waals surface area contributed by atoms with Crippen LogP contribution in [0.15, 0.2) is 59.3 Å². The molecule has 0 bridgehead atoms. The van der Waals surface area contributed by atoms with Gasteiger partial charge in [-0.15, -0.1) is 0 Å². The number of allylic oxidation sites excluding steroid dienone is 6. The Morgan fingerprint density at radius 1 is 1.19 bits per heavy atom. The van der Waals surface area contributed by atoms with Gasteiger partial charge in [-0.05, 0) is 68.7 Å². The van der Waals surface area contributed by atoms with Crippen LogP contribution < -0.4 is 0 Å². The first kappa shape index (κ1) is 20.4. The average Bonchev–Trinajstić information content (AvgIpc) is 2.52. The third-order valence-corrected chi connectivity index (χ3v) is 5.05. The van der Waals surface area contributed by atoms with Crippen molar-refractivity contribution in [3.8, 4) is 0 Å². The van der Waals surface area contributed by atoms with Gasteiger partial charge in [-0.3, -0.25) is 0 Å². The molecule has 1 saturated carbocycles. The van der Waals surface area contributed by atoms with Crippen LogP contribution in [0.25, 0.3) is 0 Å². The zero-order valence-electron chi connectivity index (χ0n) is 16.4. The molecule has 1 N–H and O–H groups in total. The van der Waals surface area contributed by atoms with Crippen molar-refractivity contribution < 1.29 is 19.7 Å². The van der Waals surface area contributed by atoms with E-state index in [0.29, 0.717) is 5.57 Å². The van der Waals surface area contributed by atoms with Crippen LogP contribution in [0.4, 0.5) is 0 Å². The fraction of sp³-hybridized carbons (Fsp3) is 0.500. The minimum atomic E-state index is -0.937. The molecule has 1 heterocycles. The van der Waals surface area contributed by atoms with Gasteiger partial charge in [0.15, 0.2) is 0 Å². The second-order valence-corrected chi connectivity index (χ2v) is 8.05. The Labute approximate surface area is 156 Å². The molecule has 4 nitrogen and oxygen atoms in total. The molecule has 2 atom stereocenters. The Bertz CT molecular complexity index is 691. The zero-order valence-corrected chi connectivity index (χ0v) is 16.4. The summed E-state index contributed by atoms with van der Waals surface area (Å²) in [6.45, 7) is 10.4. The minimum Gasteiger partial charge on any atom is -0.478 e.